The van der Waals surface area contributed by atoms with Crippen molar-refractivity contribution >= 4 is 52.1 Å². The standard InChI is InChI=1S/C22H19Cl3N4O2/c1-12-21(13(2)29(27-12)11-14-7-8-17(24)18(25)9-14)26-22(30)20-10-19(28-31-20)15-5-3-4-6-16(15)23/h3-9,20H,10-11H2,1-2H3,(H,26,30). The molecule has 0 aliphatic carbocycles. The van der Waals surface area contributed by atoms with Crippen molar-refractivity contribution in [3.8, 4) is 0 Å². The zero-order chi connectivity index (χ0) is 22.1. The summed E-state index contributed by atoms with van der Waals surface area (Å²) in [5.41, 5.74) is 4.55. The molecule has 1 aliphatic rings. The smallest absolute Gasteiger partial charge is 0.268 e. The highest BCUT2D eigenvalue weighted by molar-refractivity contribution is 6.42. The van der Waals surface area contributed by atoms with E-state index in [0.29, 0.717) is 45.1 Å². The van der Waals surface area contributed by atoms with E-state index in [0.717, 1.165) is 16.8 Å². The maximum absolute atomic E-state index is 12.8. The van der Waals surface area contributed by atoms with Gasteiger partial charge in [-0.1, -0.05) is 64.2 Å². The number of benzene rings is 2. The number of nitrogens with one attached hydrogen (secondary N) is 1. The topological polar surface area (TPSA) is 68.5 Å². The molecule has 0 bridgehead atoms. The van der Waals surface area contributed by atoms with Crippen LogP contribution < -0.4 is 5.32 Å². The van der Waals surface area contributed by atoms with Crippen molar-refractivity contribution in [2.75, 3.05) is 5.32 Å². The molecule has 0 spiro atoms. The lowest BCUT2D eigenvalue weighted by molar-refractivity contribution is -0.125. The first-order valence-electron chi connectivity index (χ1n) is 9.60. The van der Waals surface area contributed by atoms with Gasteiger partial charge < -0.3 is 10.2 Å². The van der Waals surface area contributed by atoms with E-state index >= 15 is 0 Å². The number of oxime groups is 1. The molecule has 9 heteroatoms. The number of carbonyl (C=O) groups is 1. The van der Waals surface area contributed by atoms with Gasteiger partial charge in [-0.2, -0.15) is 5.10 Å². The van der Waals surface area contributed by atoms with E-state index < -0.39 is 6.10 Å². The van der Waals surface area contributed by atoms with Crippen molar-refractivity contribution in [2.45, 2.75) is 32.9 Å². The molecule has 160 valence electrons. The molecule has 3 aromatic rings. The molecule has 1 aromatic heterocycles. The predicted octanol–water partition coefficient (Wildman–Crippen LogP) is 5.64. The third-order valence-electron chi connectivity index (χ3n) is 5.09. The summed E-state index contributed by atoms with van der Waals surface area (Å²) >= 11 is 18.3. The lowest BCUT2D eigenvalue weighted by atomic mass is 10.0. The Morgan fingerprint density at radius 1 is 1.13 bits per heavy atom. The highest BCUT2D eigenvalue weighted by Crippen LogP contribution is 2.27. The van der Waals surface area contributed by atoms with Crippen molar-refractivity contribution in [3.05, 3.63) is 80.0 Å². The first kappa shape index (κ1) is 21.7. The second-order valence-electron chi connectivity index (χ2n) is 7.26. The summed E-state index contributed by atoms with van der Waals surface area (Å²) in [4.78, 5) is 18.2. The van der Waals surface area contributed by atoms with E-state index in [4.69, 9.17) is 39.6 Å². The molecular weight excluding hydrogens is 459 g/mol. The number of anilines is 1. The van der Waals surface area contributed by atoms with E-state index in [1.807, 2.05) is 42.8 Å². The molecule has 31 heavy (non-hydrogen) atoms. The van der Waals surface area contributed by atoms with Crippen LogP contribution in [0.3, 0.4) is 0 Å². The summed E-state index contributed by atoms with van der Waals surface area (Å²) in [5, 5.41) is 13.1. The maximum Gasteiger partial charge on any atom is 0.268 e. The van der Waals surface area contributed by atoms with Gasteiger partial charge in [-0.05, 0) is 37.6 Å². The van der Waals surface area contributed by atoms with E-state index in [2.05, 4.69) is 15.6 Å². The van der Waals surface area contributed by atoms with Crippen LogP contribution in [0, 0.1) is 13.8 Å². The van der Waals surface area contributed by atoms with E-state index in [1.165, 1.54) is 0 Å². The summed E-state index contributed by atoms with van der Waals surface area (Å²) in [5.74, 6) is -0.286. The third kappa shape index (κ3) is 4.56. The van der Waals surface area contributed by atoms with Crippen molar-refractivity contribution < 1.29 is 9.63 Å². The Morgan fingerprint density at radius 3 is 2.65 bits per heavy atom. The van der Waals surface area contributed by atoms with Gasteiger partial charge in [-0.15, -0.1) is 0 Å². The van der Waals surface area contributed by atoms with Crippen LogP contribution in [0.25, 0.3) is 0 Å². The number of aryl methyl sites for hydroxylation is 1. The van der Waals surface area contributed by atoms with Crippen LogP contribution in [0.4, 0.5) is 5.69 Å². The fraction of sp³-hybridized carbons (Fsp3) is 0.227. The number of nitrogens with zero attached hydrogens (tertiary/aromatic N) is 3. The van der Waals surface area contributed by atoms with Crippen molar-refractivity contribution in [1.82, 2.24) is 9.78 Å². The molecule has 0 saturated carbocycles. The van der Waals surface area contributed by atoms with E-state index in [9.17, 15) is 4.79 Å². The first-order valence-corrected chi connectivity index (χ1v) is 10.7. The zero-order valence-electron chi connectivity index (χ0n) is 16.8. The second kappa shape index (κ2) is 8.91. The van der Waals surface area contributed by atoms with Crippen molar-refractivity contribution in [2.24, 2.45) is 5.16 Å². The van der Waals surface area contributed by atoms with Crippen LogP contribution in [0.5, 0.6) is 0 Å². The summed E-state index contributed by atoms with van der Waals surface area (Å²) in [6, 6.07) is 12.8. The summed E-state index contributed by atoms with van der Waals surface area (Å²) in [6.45, 7) is 4.24. The van der Waals surface area contributed by atoms with E-state index in [-0.39, 0.29) is 5.91 Å². The first-order chi connectivity index (χ1) is 14.8. The maximum atomic E-state index is 12.8. The molecule has 1 amide bonds. The largest absolute Gasteiger partial charge is 0.382 e. The normalized spacial score (nSPS) is 15.5. The van der Waals surface area contributed by atoms with Crippen LogP contribution in [0.2, 0.25) is 15.1 Å². The minimum atomic E-state index is -0.733. The van der Waals surface area contributed by atoms with Crippen LogP contribution in [-0.4, -0.2) is 27.5 Å². The molecule has 2 heterocycles. The number of amides is 1. The Kier molecular flexibility index (Phi) is 6.23. The molecule has 2 aromatic carbocycles. The van der Waals surface area contributed by atoms with Gasteiger partial charge in [0.1, 0.15) is 0 Å². The Morgan fingerprint density at radius 2 is 1.90 bits per heavy atom. The van der Waals surface area contributed by atoms with E-state index in [1.54, 1.807) is 18.2 Å². The lowest BCUT2D eigenvalue weighted by Crippen LogP contribution is -2.28. The minimum absolute atomic E-state index is 0.286. The van der Waals surface area contributed by atoms with Crippen LogP contribution in [0.15, 0.2) is 47.6 Å². The average molecular weight is 478 g/mol. The average Bonchev–Trinajstić information content (AvgIpc) is 3.32. The lowest BCUT2D eigenvalue weighted by Gasteiger charge is -2.11. The van der Waals surface area contributed by atoms with Gasteiger partial charge in [-0.25, -0.2) is 0 Å². The number of carbonyl (C=O) groups excluding carboxylic acids is 1. The summed E-state index contributed by atoms with van der Waals surface area (Å²) in [7, 11) is 0. The van der Waals surface area contributed by atoms with Gasteiger partial charge in [0.25, 0.3) is 5.91 Å². The van der Waals surface area contributed by atoms with Crippen LogP contribution >= 0.6 is 34.8 Å². The summed E-state index contributed by atoms with van der Waals surface area (Å²) < 4.78 is 1.81. The molecule has 1 N–H and O–H groups in total. The Hall–Kier alpha value is -2.54. The molecule has 1 aliphatic heterocycles. The van der Waals surface area contributed by atoms with Gasteiger partial charge in [0, 0.05) is 17.0 Å². The molecule has 6 nitrogen and oxygen atoms in total. The SMILES string of the molecule is Cc1nn(Cc2ccc(Cl)c(Cl)c2)c(C)c1NC(=O)C1CC(c2ccccc2Cl)=NO1. The van der Waals surface area contributed by atoms with Crippen molar-refractivity contribution in [3.63, 3.8) is 0 Å². The number of halogens is 3. The Labute approximate surface area is 194 Å². The highest BCUT2D eigenvalue weighted by Gasteiger charge is 2.30. The third-order valence-corrected chi connectivity index (χ3v) is 6.16. The molecule has 0 radical (unpaired) electrons. The molecule has 0 saturated heterocycles. The Balaban J connectivity index is 1.45. The zero-order valence-corrected chi connectivity index (χ0v) is 19.1. The number of aromatic nitrogens is 2. The second-order valence-corrected chi connectivity index (χ2v) is 8.48. The molecular formula is C22H19Cl3N4O2. The van der Waals surface area contributed by atoms with Crippen molar-refractivity contribution in [1.29, 1.82) is 0 Å². The van der Waals surface area contributed by atoms with Gasteiger partial charge in [-0.3, -0.25) is 9.48 Å². The molecule has 4 rings (SSSR count). The van der Waals surface area contributed by atoms with Gasteiger partial charge in [0.05, 0.1) is 39.4 Å². The number of hydrogen-bond acceptors (Lipinski definition) is 4. The van der Waals surface area contributed by atoms with Gasteiger partial charge in [0.2, 0.25) is 6.10 Å². The van der Waals surface area contributed by atoms with Gasteiger partial charge in [0.15, 0.2) is 0 Å². The minimum Gasteiger partial charge on any atom is -0.382 e. The quantitative estimate of drug-likeness (QED) is 0.517. The number of hydrogen-bond donors (Lipinski definition) is 1. The monoisotopic (exact) mass is 476 g/mol. The summed E-state index contributed by atoms with van der Waals surface area (Å²) in [6.07, 6.45) is -0.395. The fourth-order valence-electron chi connectivity index (χ4n) is 3.42. The highest BCUT2D eigenvalue weighted by atomic mass is 35.5. The fourth-order valence-corrected chi connectivity index (χ4v) is 3.98. The number of rotatable bonds is 5. The Bertz CT molecular complexity index is 1190. The predicted molar refractivity (Wildman–Crippen MR) is 123 cm³/mol. The van der Waals surface area contributed by atoms with Gasteiger partial charge >= 0.3 is 0 Å². The van der Waals surface area contributed by atoms with Crippen LogP contribution in [-0.2, 0) is 16.2 Å². The molecule has 1 atom stereocenters. The molecule has 0 fully saturated rings. The molecule has 1 unspecified atom stereocenters. The van der Waals surface area contributed by atoms with Crippen LogP contribution in [0.1, 0.15) is 28.9 Å².